The molecule has 1 amide bonds. The highest BCUT2D eigenvalue weighted by molar-refractivity contribution is 6.18. The van der Waals surface area contributed by atoms with Crippen molar-refractivity contribution in [3.05, 3.63) is 0 Å². The molecule has 0 aromatic heterocycles. The molecule has 4 heteroatoms. The number of likely N-dealkylation sites (tertiary alicyclic amines) is 1. The molecule has 0 aromatic carbocycles. The van der Waals surface area contributed by atoms with Gasteiger partial charge in [-0.25, -0.2) is 0 Å². The summed E-state index contributed by atoms with van der Waals surface area (Å²) in [4.78, 5) is 13.5. The zero-order valence-corrected chi connectivity index (χ0v) is 9.42. The van der Waals surface area contributed by atoms with Gasteiger partial charge in [-0.1, -0.05) is 6.92 Å². The molecule has 1 aliphatic rings. The fraction of sp³-hybridized carbons (Fsp3) is 0.900. The Balaban J connectivity index is 2.28. The summed E-state index contributed by atoms with van der Waals surface area (Å²) in [7, 11) is 0. The van der Waals surface area contributed by atoms with Crippen molar-refractivity contribution in [2.45, 2.75) is 32.2 Å². The highest BCUT2D eigenvalue weighted by Gasteiger charge is 2.27. The number of rotatable bonds is 5. The number of ether oxygens (including phenoxy) is 1. The van der Waals surface area contributed by atoms with Crippen molar-refractivity contribution in [2.75, 3.05) is 25.6 Å². The molecule has 3 nitrogen and oxygen atoms in total. The third-order valence-electron chi connectivity index (χ3n) is 2.45. The number of hydrogen-bond acceptors (Lipinski definition) is 2. The lowest BCUT2D eigenvalue weighted by atomic mass is 10.2. The van der Waals surface area contributed by atoms with Gasteiger partial charge in [-0.2, -0.15) is 0 Å². The third kappa shape index (κ3) is 3.14. The van der Waals surface area contributed by atoms with E-state index in [1.807, 2.05) is 11.8 Å². The molecule has 0 aliphatic carbocycles. The summed E-state index contributed by atoms with van der Waals surface area (Å²) in [6.07, 6.45) is 3.05. The maximum atomic E-state index is 11.6. The molecule has 1 aliphatic heterocycles. The molecule has 0 bridgehead atoms. The van der Waals surface area contributed by atoms with E-state index >= 15 is 0 Å². The zero-order valence-electron chi connectivity index (χ0n) is 8.67. The minimum atomic E-state index is 0.0848. The Hall–Kier alpha value is -0.280. The maximum absolute atomic E-state index is 11.6. The molecule has 1 rings (SSSR count). The average molecular weight is 220 g/mol. The number of nitrogens with zero attached hydrogens (tertiary/aromatic N) is 1. The van der Waals surface area contributed by atoms with Crippen molar-refractivity contribution >= 4 is 17.5 Å². The second-order valence-electron chi connectivity index (χ2n) is 3.59. The SMILES string of the molecule is CCCOCC(=O)N1CCCC1CCl. The van der Waals surface area contributed by atoms with Gasteiger partial charge in [0.2, 0.25) is 5.91 Å². The second-order valence-corrected chi connectivity index (χ2v) is 3.90. The van der Waals surface area contributed by atoms with Gasteiger partial charge in [-0.15, -0.1) is 11.6 Å². The first-order valence-corrected chi connectivity index (χ1v) is 5.76. The Kier molecular flexibility index (Phi) is 5.26. The molecule has 0 radical (unpaired) electrons. The number of amides is 1. The standard InChI is InChI=1S/C10H18ClNO2/c1-2-6-14-8-10(13)12-5-3-4-9(12)7-11/h9H,2-8H2,1H3. The van der Waals surface area contributed by atoms with Gasteiger partial charge in [0.05, 0.1) is 0 Å². The highest BCUT2D eigenvalue weighted by atomic mass is 35.5. The summed E-state index contributed by atoms with van der Waals surface area (Å²) in [5.41, 5.74) is 0. The molecule has 1 heterocycles. The van der Waals surface area contributed by atoms with Crippen LogP contribution in [0.2, 0.25) is 0 Å². The molecule has 1 atom stereocenters. The minimum Gasteiger partial charge on any atom is -0.372 e. The first kappa shape index (κ1) is 11.8. The average Bonchev–Trinajstić information content (AvgIpc) is 2.65. The van der Waals surface area contributed by atoms with Crippen molar-refractivity contribution in [1.82, 2.24) is 4.90 Å². The van der Waals surface area contributed by atoms with Gasteiger partial charge in [0.15, 0.2) is 0 Å². The van der Waals surface area contributed by atoms with Crippen LogP contribution in [0.5, 0.6) is 0 Å². The van der Waals surface area contributed by atoms with Gasteiger partial charge in [-0.05, 0) is 19.3 Å². The number of halogens is 1. The van der Waals surface area contributed by atoms with Crippen LogP contribution in [0.1, 0.15) is 26.2 Å². The van der Waals surface area contributed by atoms with Gasteiger partial charge < -0.3 is 9.64 Å². The predicted octanol–water partition coefficient (Wildman–Crippen LogP) is 1.64. The summed E-state index contributed by atoms with van der Waals surface area (Å²) in [6, 6.07) is 0.231. The van der Waals surface area contributed by atoms with Crippen molar-refractivity contribution in [3.8, 4) is 0 Å². The molecule has 0 aromatic rings. The minimum absolute atomic E-state index is 0.0848. The van der Waals surface area contributed by atoms with Crippen LogP contribution in [-0.2, 0) is 9.53 Å². The van der Waals surface area contributed by atoms with Crippen molar-refractivity contribution < 1.29 is 9.53 Å². The van der Waals surface area contributed by atoms with Crippen LogP contribution < -0.4 is 0 Å². The topological polar surface area (TPSA) is 29.5 Å². The Morgan fingerprint density at radius 1 is 1.64 bits per heavy atom. The number of alkyl halides is 1. The molecule has 1 saturated heterocycles. The molecule has 0 spiro atoms. The lowest BCUT2D eigenvalue weighted by molar-refractivity contribution is -0.136. The van der Waals surface area contributed by atoms with Gasteiger partial charge in [-0.3, -0.25) is 4.79 Å². The van der Waals surface area contributed by atoms with E-state index in [9.17, 15) is 4.79 Å². The van der Waals surface area contributed by atoms with Crippen LogP contribution in [0.15, 0.2) is 0 Å². The molecule has 1 unspecified atom stereocenters. The summed E-state index contributed by atoms with van der Waals surface area (Å²) in [5, 5.41) is 0. The Bertz CT molecular complexity index is 187. The lowest BCUT2D eigenvalue weighted by Crippen LogP contribution is -2.38. The summed E-state index contributed by atoms with van der Waals surface area (Å²) >= 11 is 5.77. The van der Waals surface area contributed by atoms with Crippen molar-refractivity contribution in [1.29, 1.82) is 0 Å². The highest BCUT2D eigenvalue weighted by Crippen LogP contribution is 2.18. The van der Waals surface area contributed by atoms with E-state index in [0.717, 1.165) is 25.8 Å². The van der Waals surface area contributed by atoms with Crippen molar-refractivity contribution in [3.63, 3.8) is 0 Å². The first-order chi connectivity index (χ1) is 6.79. The molecule has 0 N–H and O–H groups in total. The van der Waals surface area contributed by atoms with Gasteiger partial charge in [0.25, 0.3) is 0 Å². The fourth-order valence-corrected chi connectivity index (χ4v) is 2.03. The van der Waals surface area contributed by atoms with Gasteiger partial charge in [0, 0.05) is 25.1 Å². The molecule has 82 valence electrons. The first-order valence-electron chi connectivity index (χ1n) is 5.22. The number of carbonyl (C=O) groups is 1. The van der Waals surface area contributed by atoms with Crippen LogP contribution in [0, 0.1) is 0 Å². The number of hydrogen-bond donors (Lipinski definition) is 0. The summed E-state index contributed by atoms with van der Waals surface area (Å²) in [6.45, 7) is 3.74. The van der Waals surface area contributed by atoms with Crippen molar-refractivity contribution in [2.24, 2.45) is 0 Å². The maximum Gasteiger partial charge on any atom is 0.248 e. The van der Waals surface area contributed by atoms with Crippen LogP contribution >= 0.6 is 11.6 Å². The molecule has 1 fully saturated rings. The van der Waals surface area contributed by atoms with E-state index in [1.54, 1.807) is 0 Å². The van der Waals surface area contributed by atoms with Crippen LogP contribution in [0.25, 0.3) is 0 Å². The Morgan fingerprint density at radius 3 is 3.07 bits per heavy atom. The van der Waals surface area contributed by atoms with E-state index in [4.69, 9.17) is 16.3 Å². The van der Waals surface area contributed by atoms with E-state index in [1.165, 1.54) is 0 Å². The molecular weight excluding hydrogens is 202 g/mol. The smallest absolute Gasteiger partial charge is 0.248 e. The van der Waals surface area contributed by atoms with E-state index in [0.29, 0.717) is 12.5 Å². The predicted molar refractivity (Wildman–Crippen MR) is 56.6 cm³/mol. The van der Waals surface area contributed by atoms with Gasteiger partial charge >= 0.3 is 0 Å². The van der Waals surface area contributed by atoms with Crippen LogP contribution in [0.3, 0.4) is 0 Å². The summed E-state index contributed by atoms with van der Waals surface area (Å²) in [5.74, 6) is 0.626. The molecule has 0 saturated carbocycles. The molecule has 14 heavy (non-hydrogen) atoms. The Labute approximate surface area is 90.4 Å². The van der Waals surface area contributed by atoms with E-state index < -0.39 is 0 Å². The third-order valence-corrected chi connectivity index (χ3v) is 2.81. The fourth-order valence-electron chi connectivity index (χ4n) is 1.71. The van der Waals surface area contributed by atoms with E-state index in [2.05, 4.69) is 0 Å². The quantitative estimate of drug-likeness (QED) is 0.520. The summed E-state index contributed by atoms with van der Waals surface area (Å²) < 4.78 is 5.22. The molecular formula is C10H18ClNO2. The van der Waals surface area contributed by atoms with E-state index in [-0.39, 0.29) is 18.6 Å². The number of carbonyl (C=O) groups excluding carboxylic acids is 1. The monoisotopic (exact) mass is 219 g/mol. The van der Waals surface area contributed by atoms with Gasteiger partial charge in [0.1, 0.15) is 6.61 Å². The normalized spacial score (nSPS) is 21.6. The lowest BCUT2D eigenvalue weighted by Gasteiger charge is -2.22. The van der Waals surface area contributed by atoms with Crippen LogP contribution in [-0.4, -0.2) is 42.5 Å². The Morgan fingerprint density at radius 2 is 2.43 bits per heavy atom. The largest absolute Gasteiger partial charge is 0.372 e. The second kappa shape index (κ2) is 6.25. The van der Waals surface area contributed by atoms with Crippen LogP contribution in [0.4, 0.5) is 0 Å². The zero-order chi connectivity index (χ0) is 10.4.